The number of piperidine rings is 1. The second kappa shape index (κ2) is 7.55. The molecule has 0 amide bonds. The Bertz CT molecular complexity index is 765. The number of anilines is 1. The summed E-state index contributed by atoms with van der Waals surface area (Å²) in [4.78, 5) is 13.3. The average Bonchev–Trinajstić information content (AvgIpc) is 2.61. The molecule has 4 heteroatoms. The first-order valence-electron chi connectivity index (χ1n) is 10.6. The van der Waals surface area contributed by atoms with Crippen molar-refractivity contribution in [3.05, 3.63) is 35.4 Å². The van der Waals surface area contributed by atoms with Gasteiger partial charge in [0, 0.05) is 11.3 Å². The minimum atomic E-state index is -0.602. The van der Waals surface area contributed by atoms with E-state index >= 15 is 0 Å². The van der Waals surface area contributed by atoms with Crippen LogP contribution in [0.25, 0.3) is 5.57 Å². The first-order valence-corrected chi connectivity index (χ1v) is 10.6. The van der Waals surface area contributed by atoms with E-state index in [4.69, 9.17) is 10.5 Å². The van der Waals surface area contributed by atoms with Crippen LogP contribution in [0.4, 0.5) is 5.69 Å². The maximum atomic E-state index is 13.3. The molecule has 3 rings (SSSR count). The maximum absolute atomic E-state index is 13.3. The molecule has 1 aromatic carbocycles. The summed E-state index contributed by atoms with van der Waals surface area (Å²) in [7, 11) is 0. The van der Waals surface area contributed by atoms with Gasteiger partial charge in [0.2, 0.25) is 0 Å². The molecule has 4 nitrogen and oxygen atoms in total. The van der Waals surface area contributed by atoms with Crippen LogP contribution in [0.3, 0.4) is 0 Å². The number of carbonyl (C=O) groups excluding carboxylic acids is 1. The third-order valence-electron chi connectivity index (χ3n) is 6.17. The van der Waals surface area contributed by atoms with Gasteiger partial charge in [-0.15, -0.1) is 0 Å². The smallest absolute Gasteiger partial charge is 0.317 e. The quantitative estimate of drug-likeness (QED) is 0.579. The molecule has 1 aliphatic carbocycles. The number of allylic oxidation sites excluding steroid dienone is 2. The Hall–Kier alpha value is -1.81. The van der Waals surface area contributed by atoms with Crippen molar-refractivity contribution < 1.29 is 9.53 Å². The first-order chi connectivity index (χ1) is 13.0. The molecule has 0 atom stereocenters. The number of nitrogen functional groups attached to an aromatic ring is 1. The largest absolute Gasteiger partial charge is 0.459 e. The minimum absolute atomic E-state index is 0.115. The molecule has 0 bridgehead atoms. The third kappa shape index (κ3) is 4.43. The molecular formula is C24H36N2O2. The van der Waals surface area contributed by atoms with Gasteiger partial charge in [0.1, 0.15) is 5.60 Å². The summed E-state index contributed by atoms with van der Waals surface area (Å²) in [5.41, 5.74) is 9.86. The van der Waals surface area contributed by atoms with Gasteiger partial charge in [0.25, 0.3) is 0 Å². The van der Waals surface area contributed by atoms with Crippen molar-refractivity contribution >= 4 is 17.2 Å². The van der Waals surface area contributed by atoms with Crippen LogP contribution >= 0.6 is 0 Å². The molecule has 2 aliphatic rings. The zero-order valence-corrected chi connectivity index (χ0v) is 18.2. The monoisotopic (exact) mass is 384 g/mol. The van der Waals surface area contributed by atoms with E-state index in [9.17, 15) is 4.79 Å². The second-order valence-corrected chi connectivity index (χ2v) is 10.2. The van der Waals surface area contributed by atoms with Crippen molar-refractivity contribution in [3.8, 4) is 0 Å². The minimum Gasteiger partial charge on any atom is -0.459 e. The van der Waals surface area contributed by atoms with E-state index in [2.05, 4.69) is 31.3 Å². The van der Waals surface area contributed by atoms with Crippen LogP contribution in [-0.2, 0) is 14.9 Å². The number of rotatable bonds is 3. The van der Waals surface area contributed by atoms with E-state index in [0.29, 0.717) is 5.41 Å². The highest BCUT2D eigenvalue weighted by atomic mass is 16.6. The van der Waals surface area contributed by atoms with Gasteiger partial charge in [-0.2, -0.15) is 0 Å². The van der Waals surface area contributed by atoms with Gasteiger partial charge in [-0.05, 0) is 94.6 Å². The van der Waals surface area contributed by atoms with Crippen molar-refractivity contribution in [3.63, 3.8) is 0 Å². The molecule has 0 aromatic heterocycles. The van der Waals surface area contributed by atoms with Crippen molar-refractivity contribution in [2.45, 2.75) is 77.7 Å². The molecule has 0 saturated carbocycles. The Kier molecular flexibility index (Phi) is 5.64. The molecule has 28 heavy (non-hydrogen) atoms. The zero-order chi connectivity index (χ0) is 20.6. The van der Waals surface area contributed by atoms with Crippen molar-refractivity contribution in [2.24, 2.45) is 5.41 Å². The molecule has 0 unspecified atom stereocenters. The van der Waals surface area contributed by atoms with Gasteiger partial charge in [-0.25, -0.2) is 0 Å². The molecule has 1 saturated heterocycles. The SMILES string of the molecule is CC1(C)CC=C(c2cc(C3(C(=O)OC(C)(C)C)CCNCC3)ccc2N)CC1. The lowest BCUT2D eigenvalue weighted by Crippen LogP contribution is -2.48. The molecule has 3 N–H and O–H groups in total. The van der Waals surface area contributed by atoms with E-state index in [1.165, 1.54) is 5.57 Å². The third-order valence-corrected chi connectivity index (χ3v) is 6.17. The number of hydrogen-bond acceptors (Lipinski definition) is 4. The lowest BCUT2D eigenvalue weighted by Gasteiger charge is -2.38. The highest BCUT2D eigenvalue weighted by Gasteiger charge is 2.44. The molecule has 1 fully saturated rings. The van der Waals surface area contributed by atoms with E-state index in [-0.39, 0.29) is 5.97 Å². The summed E-state index contributed by atoms with van der Waals surface area (Å²) in [5.74, 6) is -0.115. The fourth-order valence-corrected chi connectivity index (χ4v) is 4.29. The number of hydrogen-bond donors (Lipinski definition) is 2. The van der Waals surface area contributed by atoms with E-state index in [0.717, 1.165) is 62.0 Å². The van der Waals surface area contributed by atoms with Crippen molar-refractivity contribution in [1.82, 2.24) is 5.32 Å². The zero-order valence-electron chi connectivity index (χ0n) is 18.2. The summed E-state index contributed by atoms with van der Waals surface area (Å²) in [6, 6.07) is 6.16. The number of nitrogens with two attached hydrogens (primary N) is 1. The highest BCUT2D eigenvalue weighted by Crippen LogP contribution is 2.42. The predicted octanol–water partition coefficient (Wildman–Crippen LogP) is 4.83. The molecular weight excluding hydrogens is 348 g/mol. The van der Waals surface area contributed by atoms with Crippen LogP contribution in [0.15, 0.2) is 24.3 Å². The average molecular weight is 385 g/mol. The van der Waals surface area contributed by atoms with E-state index in [1.54, 1.807) is 0 Å². The van der Waals surface area contributed by atoms with E-state index < -0.39 is 11.0 Å². The summed E-state index contributed by atoms with van der Waals surface area (Å²) >= 11 is 0. The molecule has 1 heterocycles. The molecule has 1 aliphatic heterocycles. The molecule has 1 aromatic rings. The highest BCUT2D eigenvalue weighted by molar-refractivity contribution is 5.85. The topological polar surface area (TPSA) is 64.3 Å². The Morgan fingerprint density at radius 3 is 2.39 bits per heavy atom. The number of esters is 1. The Morgan fingerprint density at radius 1 is 1.14 bits per heavy atom. The van der Waals surface area contributed by atoms with Crippen LogP contribution in [0.2, 0.25) is 0 Å². The van der Waals surface area contributed by atoms with Gasteiger partial charge in [0.15, 0.2) is 0 Å². The van der Waals surface area contributed by atoms with Crippen molar-refractivity contribution in [1.29, 1.82) is 0 Å². The van der Waals surface area contributed by atoms with Gasteiger partial charge in [-0.1, -0.05) is 26.0 Å². The molecule has 154 valence electrons. The summed E-state index contributed by atoms with van der Waals surface area (Å²) in [6.07, 6.45) is 7.08. The maximum Gasteiger partial charge on any atom is 0.317 e. The van der Waals surface area contributed by atoms with Crippen LogP contribution < -0.4 is 11.1 Å². The first kappa shape index (κ1) is 20.9. The summed E-state index contributed by atoms with van der Waals surface area (Å²) < 4.78 is 5.87. The fourth-order valence-electron chi connectivity index (χ4n) is 4.29. The summed E-state index contributed by atoms with van der Waals surface area (Å²) in [6.45, 7) is 12.1. The summed E-state index contributed by atoms with van der Waals surface area (Å²) in [5, 5.41) is 3.38. The lowest BCUT2D eigenvalue weighted by atomic mass is 9.71. The number of nitrogens with one attached hydrogen (secondary N) is 1. The van der Waals surface area contributed by atoms with Gasteiger partial charge < -0.3 is 15.8 Å². The van der Waals surface area contributed by atoms with Crippen LogP contribution in [-0.4, -0.2) is 24.7 Å². The predicted molar refractivity (Wildman–Crippen MR) is 116 cm³/mol. The number of ether oxygens (including phenoxy) is 1. The Morgan fingerprint density at radius 2 is 1.82 bits per heavy atom. The number of carbonyl (C=O) groups is 1. The van der Waals surface area contributed by atoms with Crippen molar-refractivity contribution in [2.75, 3.05) is 18.8 Å². The van der Waals surface area contributed by atoms with Crippen LogP contribution in [0, 0.1) is 5.41 Å². The van der Waals surface area contributed by atoms with Crippen LogP contribution in [0.5, 0.6) is 0 Å². The second-order valence-electron chi connectivity index (χ2n) is 10.2. The van der Waals surface area contributed by atoms with Crippen LogP contribution in [0.1, 0.15) is 77.8 Å². The normalized spacial score (nSPS) is 21.7. The molecule has 0 radical (unpaired) electrons. The van der Waals surface area contributed by atoms with Gasteiger partial charge in [0.05, 0.1) is 5.41 Å². The fraction of sp³-hybridized carbons (Fsp3) is 0.625. The van der Waals surface area contributed by atoms with E-state index in [1.807, 2.05) is 32.9 Å². The Labute approximate surface area is 169 Å². The Balaban J connectivity index is 2.00. The van der Waals surface area contributed by atoms with Gasteiger partial charge in [-0.3, -0.25) is 4.79 Å². The lowest BCUT2D eigenvalue weighted by molar-refractivity contribution is -0.163. The standard InChI is InChI=1S/C24H36N2O2/c1-22(2,3)28-21(27)24(12-14-26-15-13-24)18-6-7-20(25)19(16-18)17-8-10-23(4,5)11-9-17/h6-8,16,26H,9-15,25H2,1-5H3. The molecule has 0 spiro atoms. The number of benzene rings is 1. The van der Waals surface area contributed by atoms with Gasteiger partial charge >= 0.3 is 5.97 Å².